The number of β-lactam (4-membered cyclic amide) rings is 1. The van der Waals surface area contributed by atoms with E-state index in [2.05, 4.69) is 5.32 Å². The van der Waals surface area contributed by atoms with Crippen molar-refractivity contribution in [3.63, 3.8) is 0 Å². The molecule has 3 aromatic rings. The lowest BCUT2D eigenvalue weighted by Gasteiger charge is -2.49. The van der Waals surface area contributed by atoms with Crippen LogP contribution in [0.4, 0.5) is 4.79 Å². The molecular formula is C29H25ClN2O5S. The quantitative estimate of drug-likeness (QED) is 0.242. The van der Waals surface area contributed by atoms with Crippen LogP contribution >= 0.6 is 23.4 Å². The van der Waals surface area contributed by atoms with Crippen LogP contribution in [0.2, 0.25) is 0 Å². The fourth-order valence-corrected chi connectivity index (χ4v) is 6.09. The first-order valence-electron chi connectivity index (χ1n) is 12.1. The Balaban J connectivity index is 1.31. The number of nitrogens with zero attached hydrogens (tertiary/aromatic N) is 1. The Morgan fingerprint density at radius 2 is 1.53 bits per heavy atom. The van der Waals surface area contributed by atoms with E-state index in [1.807, 2.05) is 91.0 Å². The van der Waals surface area contributed by atoms with Gasteiger partial charge in [-0.25, -0.2) is 9.59 Å². The summed E-state index contributed by atoms with van der Waals surface area (Å²) in [4.78, 5) is 40.5. The molecule has 1 fully saturated rings. The molecule has 2 aliphatic rings. The number of benzene rings is 3. The molecule has 0 aromatic heterocycles. The van der Waals surface area contributed by atoms with Crippen molar-refractivity contribution in [1.29, 1.82) is 0 Å². The first kappa shape index (κ1) is 25.9. The van der Waals surface area contributed by atoms with Crippen LogP contribution in [0.1, 0.15) is 22.8 Å². The van der Waals surface area contributed by atoms with Gasteiger partial charge in [-0.1, -0.05) is 91.0 Å². The van der Waals surface area contributed by atoms with Crippen molar-refractivity contribution >= 4 is 41.3 Å². The summed E-state index contributed by atoms with van der Waals surface area (Å²) >= 11 is 7.62. The molecule has 1 saturated heterocycles. The van der Waals surface area contributed by atoms with E-state index in [-0.39, 0.29) is 18.2 Å². The number of esters is 1. The van der Waals surface area contributed by atoms with Crippen LogP contribution in [0.3, 0.4) is 0 Å². The van der Waals surface area contributed by atoms with Gasteiger partial charge in [0.05, 0.1) is 0 Å². The van der Waals surface area contributed by atoms with Crippen molar-refractivity contribution in [3.05, 3.63) is 119 Å². The molecule has 0 saturated carbocycles. The number of hydrogen-bond donors (Lipinski definition) is 1. The monoisotopic (exact) mass is 548 g/mol. The van der Waals surface area contributed by atoms with Crippen molar-refractivity contribution in [3.8, 4) is 0 Å². The number of thioether (sulfide) groups is 1. The molecule has 1 N–H and O–H groups in total. The Kier molecular flexibility index (Phi) is 8.00. The van der Waals surface area contributed by atoms with Gasteiger partial charge in [-0.3, -0.25) is 9.69 Å². The summed E-state index contributed by atoms with van der Waals surface area (Å²) < 4.78 is 11.3. The SMILES string of the molecule is O=C(NC1C(=O)N2C(C(=O)OC(c3ccccc3)c3ccccc3)=C(CCl)CS[C@H]12)OCc1ccccc1. The summed E-state index contributed by atoms with van der Waals surface area (Å²) in [6, 6.07) is 27.3. The standard InChI is InChI=1S/C29H25ClN2O5S/c30-16-22-18-38-27-23(31-29(35)36-17-19-10-4-1-5-11-19)26(33)32(27)24(22)28(34)37-25(20-12-6-2-7-13-20)21-14-8-3-9-15-21/h1-15,23,25,27H,16-18H2,(H,31,35)/t23?,27-/m1/s1. The number of alkyl halides is 1. The lowest BCUT2D eigenvalue weighted by Crippen LogP contribution is -2.70. The summed E-state index contributed by atoms with van der Waals surface area (Å²) in [6.45, 7) is 0.0866. The zero-order valence-corrected chi connectivity index (χ0v) is 21.9. The van der Waals surface area contributed by atoms with Crippen molar-refractivity contribution in [2.45, 2.75) is 24.1 Å². The predicted molar refractivity (Wildman–Crippen MR) is 145 cm³/mol. The number of nitrogens with one attached hydrogen (secondary N) is 1. The second-order valence-electron chi connectivity index (χ2n) is 8.79. The number of carbonyl (C=O) groups is 3. The number of hydrogen-bond acceptors (Lipinski definition) is 6. The highest BCUT2D eigenvalue weighted by Gasteiger charge is 2.54. The molecule has 9 heteroatoms. The van der Waals surface area contributed by atoms with Gasteiger partial charge in [0.15, 0.2) is 6.10 Å². The number of amides is 2. The van der Waals surface area contributed by atoms with Gasteiger partial charge in [0.2, 0.25) is 0 Å². The van der Waals surface area contributed by atoms with E-state index in [1.165, 1.54) is 16.7 Å². The van der Waals surface area contributed by atoms with E-state index in [0.29, 0.717) is 11.3 Å². The summed E-state index contributed by atoms with van der Waals surface area (Å²) in [5.74, 6) is -0.542. The molecule has 38 heavy (non-hydrogen) atoms. The fraction of sp³-hybridized carbons (Fsp3) is 0.207. The Labute approximate surface area is 229 Å². The van der Waals surface area contributed by atoms with E-state index in [9.17, 15) is 14.4 Å². The largest absolute Gasteiger partial charge is 0.448 e. The number of alkyl carbamates (subject to hydrolysis) is 1. The second-order valence-corrected chi connectivity index (χ2v) is 10.2. The number of carbonyl (C=O) groups excluding carboxylic acids is 3. The molecule has 2 atom stereocenters. The topological polar surface area (TPSA) is 84.9 Å². The molecule has 1 unspecified atom stereocenters. The zero-order chi connectivity index (χ0) is 26.5. The van der Waals surface area contributed by atoms with Crippen LogP contribution in [0.5, 0.6) is 0 Å². The van der Waals surface area contributed by atoms with Crippen LogP contribution in [-0.2, 0) is 25.7 Å². The zero-order valence-electron chi connectivity index (χ0n) is 20.3. The molecule has 0 aliphatic carbocycles. The fourth-order valence-electron chi connectivity index (χ4n) is 4.41. The summed E-state index contributed by atoms with van der Waals surface area (Å²) in [6.07, 6.45) is -1.36. The Hall–Kier alpha value is -3.75. The van der Waals surface area contributed by atoms with Crippen molar-refractivity contribution in [1.82, 2.24) is 10.2 Å². The molecule has 5 rings (SSSR count). The van der Waals surface area contributed by atoms with Crippen molar-refractivity contribution in [2.75, 3.05) is 11.6 Å². The Morgan fingerprint density at radius 3 is 2.11 bits per heavy atom. The molecule has 2 amide bonds. The van der Waals surface area contributed by atoms with Gasteiger partial charge >= 0.3 is 12.1 Å². The maximum Gasteiger partial charge on any atom is 0.408 e. The van der Waals surface area contributed by atoms with E-state index in [0.717, 1.165) is 16.7 Å². The highest BCUT2D eigenvalue weighted by molar-refractivity contribution is 8.00. The van der Waals surface area contributed by atoms with Gasteiger partial charge in [0, 0.05) is 11.6 Å². The van der Waals surface area contributed by atoms with Gasteiger partial charge in [-0.15, -0.1) is 23.4 Å². The molecule has 2 heterocycles. The minimum Gasteiger partial charge on any atom is -0.448 e. The third kappa shape index (κ3) is 5.42. The van der Waals surface area contributed by atoms with Crippen LogP contribution in [-0.4, -0.2) is 45.9 Å². The lowest BCUT2D eigenvalue weighted by molar-refractivity contribution is -0.153. The lowest BCUT2D eigenvalue weighted by atomic mass is 10.0. The third-order valence-corrected chi connectivity index (χ3v) is 7.98. The Morgan fingerprint density at radius 1 is 0.947 bits per heavy atom. The molecule has 0 radical (unpaired) electrons. The normalized spacial score (nSPS) is 18.5. The van der Waals surface area contributed by atoms with Crippen molar-refractivity contribution in [2.24, 2.45) is 0 Å². The van der Waals surface area contributed by atoms with Gasteiger partial charge in [-0.05, 0) is 22.3 Å². The number of ether oxygens (including phenoxy) is 2. The Bertz CT molecular complexity index is 1300. The minimum absolute atomic E-state index is 0.0759. The highest BCUT2D eigenvalue weighted by Crippen LogP contribution is 2.41. The van der Waals surface area contributed by atoms with Crippen LogP contribution in [0.25, 0.3) is 0 Å². The van der Waals surface area contributed by atoms with Gasteiger partial charge in [-0.2, -0.15) is 0 Å². The number of halogens is 1. The van der Waals surface area contributed by atoms with E-state index in [1.54, 1.807) is 0 Å². The third-order valence-electron chi connectivity index (χ3n) is 6.32. The summed E-state index contributed by atoms with van der Waals surface area (Å²) in [7, 11) is 0. The first-order chi connectivity index (χ1) is 18.6. The van der Waals surface area contributed by atoms with E-state index >= 15 is 0 Å². The molecule has 0 spiro atoms. The van der Waals surface area contributed by atoms with E-state index in [4.69, 9.17) is 21.1 Å². The maximum absolute atomic E-state index is 13.6. The predicted octanol–water partition coefficient (Wildman–Crippen LogP) is 5.02. The molecule has 0 bridgehead atoms. The first-order valence-corrected chi connectivity index (χ1v) is 13.7. The molecule has 2 aliphatic heterocycles. The summed E-state index contributed by atoms with van der Waals surface area (Å²) in [5.41, 5.74) is 3.19. The van der Waals surface area contributed by atoms with Crippen LogP contribution < -0.4 is 5.32 Å². The van der Waals surface area contributed by atoms with E-state index < -0.39 is 35.5 Å². The summed E-state index contributed by atoms with van der Waals surface area (Å²) in [5, 5.41) is 2.17. The minimum atomic E-state index is -0.818. The average Bonchev–Trinajstić information content (AvgIpc) is 2.98. The molecule has 3 aromatic carbocycles. The van der Waals surface area contributed by atoms with Crippen LogP contribution in [0, 0.1) is 0 Å². The smallest absolute Gasteiger partial charge is 0.408 e. The highest BCUT2D eigenvalue weighted by atomic mass is 35.5. The van der Waals surface area contributed by atoms with Crippen LogP contribution in [0.15, 0.2) is 102 Å². The van der Waals surface area contributed by atoms with Crippen molar-refractivity contribution < 1.29 is 23.9 Å². The van der Waals surface area contributed by atoms with Gasteiger partial charge < -0.3 is 14.8 Å². The average molecular weight is 549 g/mol. The van der Waals surface area contributed by atoms with Gasteiger partial charge in [0.1, 0.15) is 23.7 Å². The second kappa shape index (κ2) is 11.8. The maximum atomic E-state index is 13.6. The number of rotatable bonds is 8. The molecule has 194 valence electrons. The van der Waals surface area contributed by atoms with Gasteiger partial charge in [0.25, 0.3) is 5.91 Å². The molecule has 7 nitrogen and oxygen atoms in total. The number of fused-ring (bicyclic) bond motifs is 1. The molecular weight excluding hydrogens is 524 g/mol.